The van der Waals surface area contributed by atoms with Gasteiger partial charge >= 0.3 is 6.09 Å². The Bertz CT molecular complexity index is 583. The van der Waals surface area contributed by atoms with E-state index >= 15 is 0 Å². The van der Waals surface area contributed by atoms with Crippen molar-refractivity contribution < 1.29 is 19.1 Å². The number of carbonyl (C=O) groups excluding carboxylic acids is 2. The third-order valence-corrected chi connectivity index (χ3v) is 4.16. The van der Waals surface area contributed by atoms with E-state index < -0.39 is 12.1 Å². The van der Waals surface area contributed by atoms with Crippen LogP contribution in [0.1, 0.15) is 18.9 Å². The van der Waals surface area contributed by atoms with E-state index in [1.165, 1.54) is 12.0 Å². The Balaban J connectivity index is 2.16. The first-order valence-electron chi connectivity index (χ1n) is 6.11. The number of amides is 1. The van der Waals surface area contributed by atoms with Gasteiger partial charge in [-0.2, -0.15) is 0 Å². The maximum atomic E-state index is 11.9. The molecular weight excluding hydrogens is 246 g/mol. The lowest BCUT2D eigenvalue weighted by atomic mass is 9.63. The minimum atomic E-state index is -0.492. The fraction of sp³-hybridized carbons (Fsp3) is 0.429. The molecule has 1 aliphatic carbocycles. The van der Waals surface area contributed by atoms with Gasteiger partial charge in [0.05, 0.1) is 19.9 Å². The Morgan fingerprint density at radius 3 is 2.74 bits per heavy atom. The van der Waals surface area contributed by atoms with E-state index in [-0.39, 0.29) is 11.2 Å². The zero-order valence-electron chi connectivity index (χ0n) is 11.1. The highest BCUT2D eigenvalue weighted by molar-refractivity contribution is 6.08. The van der Waals surface area contributed by atoms with Gasteiger partial charge in [0.1, 0.15) is 11.8 Å². The quantitative estimate of drug-likeness (QED) is 0.774. The first-order chi connectivity index (χ1) is 9.02. The lowest BCUT2D eigenvalue weighted by molar-refractivity contribution is -0.129. The molecule has 1 saturated carbocycles. The molecule has 1 aromatic rings. The van der Waals surface area contributed by atoms with Crippen molar-refractivity contribution in [3.63, 3.8) is 0 Å². The van der Waals surface area contributed by atoms with E-state index in [4.69, 9.17) is 9.47 Å². The number of fused-ring (bicyclic) bond motifs is 3. The number of benzene rings is 1. The molecule has 2 aliphatic rings. The van der Waals surface area contributed by atoms with Crippen LogP contribution < -0.4 is 9.64 Å². The van der Waals surface area contributed by atoms with Gasteiger partial charge in [-0.25, -0.2) is 4.79 Å². The van der Waals surface area contributed by atoms with Crippen LogP contribution in [0.2, 0.25) is 0 Å². The molecule has 1 aromatic carbocycles. The Labute approximate surface area is 111 Å². The van der Waals surface area contributed by atoms with Crippen LogP contribution >= 0.6 is 0 Å². The fourth-order valence-electron chi connectivity index (χ4n) is 3.20. The number of nitrogens with zero attached hydrogens (tertiary/aromatic N) is 1. The zero-order valence-corrected chi connectivity index (χ0v) is 11.1. The van der Waals surface area contributed by atoms with Crippen molar-refractivity contribution in [3.8, 4) is 5.75 Å². The summed E-state index contributed by atoms with van der Waals surface area (Å²) in [6.07, 6.45) is -0.0427. The van der Waals surface area contributed by atoms with Crippen LogP contribution in [-0.2, 0) is 14.9 Å². The number of Topliss-reactive ketones (excluding diaryl/α,β-unsaturated/α-hetero) is 1. The maximum absolute atomic E-state index is 11.9. The molecule has 100 valence electrons. The summed E-state index contributed by atoms with van der Waals surface area (Å²) in [6.45, 7) is 2.00. The molecule has 1 aliphatic heterocycles. The molecule has 0 spiro atoms. The summed E-state index contributed by atoms with van der Waals surface area (Å²) < 4.78 is 10.0. The molecule has 0 N–H and O–H groups in total. The standard InChI is InChI=1S/C14H15NO4/c1-14-7-11(16)12(14)15(13(17)19-3)10-5-4-8(18-2)6-9(10)14/h4-6,12H,7H2,1-3H3. The van der Waals surface area contributed by atoms with Crippen LogP contribution in [0.3, 0.4) is 0 Å². The third kappa shape index (κ3) is 1.35. The summed E-state index contributed by atoms with van der Waals surface area (Å²) in [4.78, 5) is 25.3. The summed E-state index contributed by atoms with van der Waals surface area (Å²) in [5, 5.41) is 0. The molecule has 5 heteroatoms. The molecule has 0 aromatic heterocycles. The summed E-state index contributed by atoms with van der Waals surface area (Å²) in [6, 6.07) is 5.05. The number of rotatable bonds is 1. The minimum absolute atomic E-state index is 0.0723. The van der Waals surface area contributed by atoms with Crippen LogP contribution in [0.5, 0.6) is 5.75 Å². The lowest BCUT2D eigenvalue weighted by Gasteiger charge is -2.42. The van der Waals surface area contributed by atoms with E-state index in [2.05, 4.69) is 0 Å². The van der Waals surface area contributed by atoms with Gasteiger partial charge in [-0.15, -0.1) is 0 Å². The van der Waals surface area contributed by atoms with E-state index in [0.717, 1.165) is 17.0 Å². The van der Waals surface area contributed by atoms with Gasteiger partial charge < -0.3 is 9.47 Å². The SMILES string of the molecule is COC(=O)N1c2ccc(OC)cc2C2(C)CC(=O)C12. The van der Waals surface area contributed by atoms with Crippen LogP contribution in [0.15, 0.2) is 18.2 Å². The second-order valence-corrected chi connectivity index (χ2v) is 5.19. The van der Waals surface area contributed by atoms with Gasteiger partial charge in [0.2, 0.25) is 0 Å². The van der Waals surface area contributed by atoms with Gasteiger partial charge in [-0.05, 0) is 23.8 Å². The monoisotopic (exact) mass is 261 g/mol. The number of hydrogen-bond acceptors (Lipinski definition) is 4. The van der Waals surface area contributed by atoms with Crippen LogP contribution in [-0.4, -0.2) is 32.1 Å². The van der Waals surface area contributed by atoms with Gasteiger partial charge in [0.25, 0.3) is 0 Å². The smallest absolute Gasteiger partial charge is 0.414 e. The van der Waals surface area contributed by atoms with Gasteiger partial charge in [0, 0.05) is 11.8 Å². The second-order valence-electron chi connectivity index (χ2n) is 5.19. The van der Waals surface area contributed by atoms with Crippen LogP contribution in [0.4, 0.5) is 10.5 Å². The molecule has 1 heterocycles. The minimum Gasteiger partial charge on any atom is -0.497 e. The highest BCUT2D eigenvalue weighted by atomic mass is 16.5. The predicted molar refractivity (Wildman–Crippen MR) is 68.6 cm³/mol. The average Bonchev–Trinajstić information content (AvgIpc) is 2.62. The molecule has 1 amide bonds. The molecule has 19 heavy (non-hydrogen) atoms. The highest BCUT2D eigenvalue weighted by Crippen LogP contribution is 2.55. The van der Waals surface area contributed by atoms with Crippen molar-refractivity contribution in [3.05, 3.63) is 23.8 Å². The molecule has 0 bridgehead atoms. The van der Waals surface area contributed by atoms with Crippen molar-refractivity contribution >= 4 is 17.6 Å². The Hall–Kier alpha value is -2.04. The highest BCUT2D eigenvalue weighted by Gasteiger charge is 2.61. The third-order valence-electron chi connectivity index (χ3n) is 4.16. The Kier molecular flexibility index (Phi) is 2.36. The van der Waals surface area contributed by atoms with E-state index in [9.17, 15) is 9.59 Å². The van der Waals surface area contributed by atoms with Crippen molar-refractivity contribution in [1.29, 1.82) is 0 Å². The number of methoxy groups -OCH3 is 2. The molecule has 2 unspecified atom stereocenters. The number of ketones is 1. The van der Waals surface area contributed by atoms with E-state index in [0.29, 0.717) is 6.42 Å². The van der Waals surface area contributed by atoms with Crippen LogP contribution in [0, 0.1) is 0 Å². The van der Waals surface area contributed by atoms with Crippen molar-refractivity contribution in [2.24, 2.45) is 0 Å². The number of hydrogen-bond donors (Lipinski definition) is 0. The van der Waals surface area contributed by atoms with Gasteiger partial charge in [0.15, 0.2) is 5.78 Å². The predicted octanol–water partition coefficient (Wildman–Crippen LogP) is 1.88. The Morgan fingerprint density at radius 1 is 1.42 bits per heavy atom. The molecule has 2 atom stereocenters. The molecule has 5 nitrogen and oxygen atoms in total. The number of carbonyl (C=O) groups is 2. The largest absolute Gasteiger partial charge is 0.497 e. The molecule has 0 saturated heterocycles. The maximum Gasteiger partial charge on any atom is 0.414 e. The summed E-state index contributed by atoms with van der Waals surface area (Å²) >= 11 is 0. The topological polar surface area (TPSA) is 55.8 Å². The van der Waals surface area contributed by atoms with Crippen LogP contribution in [0.25, 0.3) is 0 Å². The van der Waals surface area contributed by atoms with E-state index in [1.54, 1.807) is 13.2 Å². The lowest BCUT2D eigenvalue weighted by Crippen LogP contribution is -2.60. The number of ether oxygens (including phenoxy) is 2. The first kappa shape index (κ1) is 12.0. The van der Waals surface area contributed by atoms with Crippen molar-refractivity contribution in [1.82, 2.24) is 0 Å². The molecule has 3 rings (SSSR count). The Morgan fingerprint density at radius 2 is 2.16 bits per heavy atom. The summed E-state index contributed by atoms with van der Waals surface area (Å²) in [5.41, 5.74) is 1.39. The second kappa shape index (κ2) is 3.73. The fourth-order valence-corrected chi connectivity index (χ4v) is 3.20. The molecule has 1 fully saturated rings. The van der Waals surface area contributed by atoms with E-state index in [1.807, 2.05) is 19.1 Å². The first-order valence-corrected chi connectivity index (χ1v) is 6.11. The molecular formula is C14H15NO4. The summed E-state index contributed by atoms with van der Waals surface area (Å²) in [5.74, 6) is 0.799. The van der Waals surface area contributed by atoms with Crippen molar-refractivity contribution in [2.45, 2.75) is 24.8 Å². The molecule has 0 radical (unpaired) electrons. The zero-order chi connectivity index (χ0) is 13.8. The number of anilines is 1. The van der Waals surface area contributed by atoms with Gasteiger partial charge in [-0.3, -0.25) is 9.69 Å². The van der Waals surface area contributed by atoms with Gasteiger partial charge in [-0.1, -0.05) is 6.92 Å². The normalized spacial score (nSPS) is 27.4. The average molecular weight is 261 g/mol. The summed E-state index contributed by atoms with van der Waals surface area (Å²) in [7, 11) is 2.92. The van der Waals surface area contributed by atoms with Crippen molar-refractivity contribution in [2.75, 3.05) is 19.1 Å².